The molecule has 0 radical (unpaired) electrons. The highest BCUT2D eigenvalue weighted by Crippen LogP contribution is 2.30. The monoisotopic (exact) mass is 289 g/mol. The smallest absolute Gasteiger partial charge is 0.179 e. The van der Waals surface area contributed by atoms with Crippen LogP contribution < -0.4 is 5.32 Å². The molecule has 0 saturated heterocycles. The summed E-state index contributed by atoms with van der Waals surface area (Å²) in [5, 5.41) is 12.6. The number of carbonyl (C=O) groups is 1. The second-order valence-electron chi connectivity index (χ2n) is 5.17. The Hall–Kier alpha value is -2.93. The van der Waals surface area contributed by atoms with Gasteiger partial charge in [0, 0.05) is 30.1 Å². The lowest BCUT2D eigenvalue weighted by Crippen LogP contribution is -2.19. The van der Waals surface area contributed by atoms with Crippen LogP contribution in [-0.4, -0.2) is 10.8 Å². The number of carbonyl (C=O) groups excluding carboxylic acids is 1. The number of rotatable bonds is 3. The van der Waals surface area contributed by atoms with Gasteiger partial charge in [-0.15, -0.1) is 0 Å². The Morgan fingerprint density at radius 3 is 2.73 bits per heavy atom. The van der Waals surface area contributed by atoms with Gasteiger partial charge in [0.05, 0.1) is 5.70 Å². The summed E-state index contributed by atoms with van der Waals surface area (Å²) in [6, 6.07) is 11.9. The van der Waals surface area contributed by atoms with Crippen molar-refractivity contribution in [3.63, 3.8) is 0 Å². The molecule has 108 valence electrons. The van der Waals surface area contributed by atoms with Gasteiger partial charge in [-0.3, -0.25) is 9.78 Å². The molecule has 4 nitrogen and oxygen atoms in total. The summed E-state index contributed by atoms with van der Waals surface area (Å²) in [4.78, 5) is 16.2. The van der Waals surface area contributed by atoms with E-state index in [1.807, 2.05) is 36.4 Å². The highest BCUT2D eigenvalue weighted by Gasteiger charge is 2.25. The van der Waals surface area contributed by atoms with Crippen molar-refractivity contribution in [3.05, 3.63) is 65.0 Å². The molecule has 1 aliphatic carbocycles. The van der Waals surface area contributed by atoms with Crippen molar-refractivity contribution in [2.24, 2.45) is 0 Å². The van der Waals surface area contributed by atoms with Gasteiger partial charge in [-0.2, -0.15) is 5.26 Å². The third-order valence-electron chi connectivity index (χ3n) is 3.80. The van der Waals surface area contributed by atoms with Crippen LogP contribution in [0.4, 0.5) is 5.69 Å². The van der Waals surface area contributed by atoms with Crippen molar-refractivity contribution < 1.29 is 4.79 Å². The Morgan fingerprint density at radius 1 is 1.27 bits per heavy atom. The van der Waals surface area contributed by atoms with E-state index in [1.54, 1.807) is 12.4 Å². The molecule has 0 spiro atoms. The number of hydrogen-bond acceptors (Lipinski definition) is 4. The van der Waals surface area contributed by atoms with Gasteiger partial charge in [-0.25, -0.2) is 0 Å². The minimum atomic E-state index is -0.171. The van der Waals surface area contributed by atoms with Gasteiger partial charge in [0.25, 0.3) is 0 Å². The quantitative estimate of drug-likeness (QED) is 0.942. The van der Waals surface area contributed by atoms with Gasteiger partial charge in [0.1, 0.15) is 11.6 Å². The van der Waals surface area contributed by atoms with Gasteiger partial charge in [-0.1, -0.05) is 19.1 Å². The zero-order valence-electron chi connectivity index (χ0n) is 12.3. The molecule has 0 bridgehead atoms. The summed E-state index contributed by atoms with van der Waals surface area (Å²) in [6.45, 7) is 2.10. The zero-order valence-corrected chi connectivity index (χ0v) is 12.3. The van der Waals surface area contributed by atoms with E-state index in [4.69, 9.17) is 0 Å². The number of ketones is 1. The Balaban J connectivity index is 2.04. The Bertz CT molecular complexity index is 798. The Morgan fingerprint density at radius 2 is 2.05 bits per heavy atom. The van der Waals surface area contributed by atoms with Crippen LogP contribution >= 0.6 is 0 Å². The molecular weight excluding hydrogens is 274 g/mol. The first-order chi connectivity index (χ1) is 10.7. The second kappa shape index (κ2) is 5.82. The van der Waals surface area contributed by atoms with Crippen LogP contribution in [0.5, 0.6) is 0 Å². The third-order valence-corrected chi connectivity index (χ3v) is 3.80. The fraction of sp³-hybridized carbons (Fsp3) is 0.167. The maximum absolute atomic E-state index is 12.1. The molecule has 0 aliphatic heterocycles. The van der Waals surface area contributed by atoms with E-state index in [-0.39, 0.29) is 17.8 Å². The fourth-order valence-electron chi connectivity index (χ4n) is 2.56. The standard InChI is InChI=1S/C18H15N3O/c1-2-12-3-5-14(6-4-12)21-18-15-7-8-20-11-13(15)9-17(22)16(18)10-19/h3-8,11,21H,2,9H2,1H3. The van der Waals surface area contributed by atoms with E-state index in [9.17, 15) is 10.1 Å². The van der Waals surface area contributed by atoms with Gasteiger partial charge in [0.2, 0.25) is 0 Å². The number of nitrogens with one attached hydrogen (secondary N) is 1. The van der Waals surface area contributed by atoms with E-state index in [0.29, 0.717) is 5.70 Å². The number of allylic oxidation sites excluding steroid dienone is 1. The Labute approximate surface area is 129 Å². The van der Waals surface area contributed by atoms with E-state index < -0.39 is 0 Å². The molecule has 0 saturated carbocycles. The average molecular weight is 289 g/mol. The van der Waals surface area contributed by atoms with Crippen molar-refractivity contribution in [2.75, 3.05) is 5.32 Å². The number of anilines is 1. The number of pyridine rings is 1. The fourth-order valence-corrected chi connectivity index (χ4v) is 2.56. The highest BCUT2D eigenvalue weighted by atomic mass is 16.1. The normalized spacial score (nSPS) is 13.5. The summed E-state index contributed by atoms with van der Waals surface area (Å²) in [5.41, 5.74) is 4.56. The maximum Gasteiger partial charge on any atom is 0.179 e. The molecule has 1 heterocycles. The molecule has 0 amide bonds. The summed E-state index contributed by atoms with van der Waals surface area (Å²) in [5.74, 6) is -0.171. The van der Waals surface area contributed by atoms with Gasteiger partial charge in [-0.05, 0) is 35.7 Å². The molecule has 0 fully saturated rings. The van der Waals surface area contributed by atoms with Gasteiger partial charge < -0.3 is 5.32 Å². The van der Waals surface area contributed by atoms with Crippen LogP contribution in [-0.2, 0) is 17.6 Å². The minimum Gasteiger partial charge on any atom is -0.354 e. The molecule has 1 aromatic heterocycles. The first-order valence-corrected chi connectivity index (χ1v) is 7.19. The molecule has 2 aromatic rings. The number of hydrogen-bond donors (Lipinski definition) is 1. The molecule has 1 aromatic carbocycles. The van der Waals surface area contributed by atoms with Gasteiger partial charge >= 0.3 is 0 Å². The van der Waals surface area contributed by atoms with Crippen LogP contribution in [0.3, 0.4) is 0 Å². The minimum absolute atomic E-state index is 0.171. The second-order valence-corrected chi connectivity index (χ2v) is 5.17. The van der Waals surface area contributed by atoms with Crippen LogP contribution in [0.2, 0.25) is 0 Å². The predicted molar refractivity (Wildman–Crippen MR) is 84.9 cm³/mol. The summed E-state index contributed by atoms with van der Waals surface area (Å²) in [7, 11) is 0. The molecule has 0 atom stereocenters. The molecule has 22 heavy (non-hydrogen) atoms. The SMILES string of the molecule is CCc1ccc(NC2=C(C#N)C(=O)Cc3cnccc32)cc1. The molecule has 0 unspecified atom stereocenters. The largest absolute Gasteiger partial charge is 0.354 e. The summed E-state index contributed by atoms with van der Waals surface area (Å²) < 4.78 is 0. The van der Waals surface area contributed by atoms with Crippen molar-refractivity contribution in [1.29, 1.82) is 5.26 Å². The Kier molecular flexibility index (Phi) is 3.71. The van der Waals surface area contributed by atoms with Crippen molar-refractivity contribution >= 4 is 17.2 Å². The first kappa shape index (κ1) is 14.0. The van der Waals surface area contributed by atoms with Crippen molar-refractivity contribution in [1.82, 2.24) is 4.98 Å². The number of aromatic nitrogens is 1. The number of fused-ring (bicyclic) bond motifs is 1. The van der Waals surface area contributed by atoms with Crippen molar-refractivity contribution in [2.45, 2.75) is 19.8 Å². The van der Waals surface area contributed by atoms with E-state index >= 15 is 0 Å². The summed E-state index contributed by atoms with van der Waals surface area (Å²) in [6.07, 6.45) is 4.56. The zero-order chi connectivity index (χ0) is 15.5. The number of aryl methyl sites for hydroxylation is 1. The van der Waals surface area contributed by atoms with Crippen LogP contribution in [0.15, 0.2) is 48.3 Å². The number of nitrogens with zero attached hydrogens (tertiary/aromatic N) is 2. The van der Waals surface area contributed by atoms with Crippen molar-refractivity contribution in [3.8, 4) is 6.07 Å². The number of Topliss-reactive ketones (excluding diaryl/α,β-unsaturated/α-hetero) is 1. The number of benzene rings is 1. The lowest BCUT2D eigenvalue weighted by molar-refractivity contribution is -0.114. The lowest BCUT2D eigenvalue weighted by atomic mass is 9.90. The van der Waals surface area contributed by atoms with Crippen LogP contribution in [0.25, 0.3) is 5.70 Å². The van der Waals surface area contributed by atoms with E-state index in [2.05, 4.69) is 17.2 Å². The molecule has 3 rings (SSSR count). The van der Waals surface area contributed by atoms with Gasteiger partial charge in [0.15, 0.2) is 5.78 Å². The maximum atomic E-state index is 12.1. The third kappa shape index (κ3) is 2.49. The average Bonchev–Trinajstić information content (AvgIpc) is 2.55. The van der Waals surface area contributed by atoms with Crippen LogP contribution in [0, 0.1) is 11.3 Å². The highest BCUT2D eigenvalue weighted by molar-refractivity contribution is 6.11. The number of nitriles is 1. The van der Waals surface area contributed by atoms with E-state index in [0.717, 1.165) is 23.2 Å². The lowest BCUT2D eigenvalue weighted by Gasteiger charge is -2.20. The molecule has 1 aliphatic rings. The topological polar surface area (TPSA) is 65.8 Å². The molecule has 4 heteroatoms. The van der Waals surface area contributed by atoms with Crippen LogP contribution in [0.1, 0.15) is 23.6 Å². The first-order valence-electron chi connectivity index (χ1n) is 7.19. The molecule has 1 N–H and O–H groups in total. The molecular formula is C18H15N3O. The predicted octanol–water partition coefficient (Wildman–Crippen LogP) is 3.12. The summed E-state index contributed by atoms with van der Waals surface area (Å²) >= 11 is 0. The van der Waals surface area contributed by atoms with E-state index in [1.165, 1.54) is 5.56 Å².